The van der Waals surface area contributed by atoms with Gasteiger partial charge in [-0.2, -0.15) is 0 Å². The number of benzene rings is 2. The summed E-state index contributed by atoms with van der Waals surface area (Å²) in [5, 5.41) is 9.23. The van der Waals surface area contributed by atoms with Crippen molar-refractivity contribution in [3.8, 4) is 22.5 Å². The zero-order chi connectivity index (χ0) is 19.6. The summed E-state index contributed by atoms with van der Waals surface area (Å²) >= 11 is 0. The Hall–Kier alpha value is -2.47. The minimum atomic E-state index is 0.149. The average molecular weight is 389 g/mol. The third-order valence-electron chi connectivity index (χ3n) is 6.23. The molecule has 5 rings (SSSR count). The quantitative estimate of drug-likeness (QED) is 0.724. The Balaban J connectivity index is 1.44. The molecule has 150 valence electrons. The van der Waals surface area contributed by atoms with E-state index in [9.17, 15) is 5.11 Å². The average Bonchev–Trinajstić information content (AvgIpc) is 3.41. The van der Waals surface area contributed by atoms with E-state index in [0.717, 1.165) is 31.9 Å². The summed E-state index contributed by atoms with van der Waals surface area (Å²) in [6, 6.07) is 19.9. The number of ether oxygens (including phenoxy) is 1. The van der Waals surface area contributed by atoms with E-state index < -0.39 is 0 Å². The number of aliphatic hydroxyl groups is 1. The van der Waals surface area contributed by atoms with Crippen LogP contribution in [0.2, 0.25) is 0 Å². The van der Waals surface area contributed by atoms with Crippen LogP contribution in [0.4, 0.5) is 0 Å². The number of aromatic nitrogens is 2. The van der Waals surface area contributed by atoms with Gasteiger partial charge in [-0.05, 0) is 24.0 Å². The monoisotopic (exact) mass is 389 g/mol. The molecule has 5 heteroatoms. The van der Waals surface area contributed by atoms with Crippen LogP contribution in [0.25, 0.3) is 22.5 Å². The first-order chi connectivity index (χ1) is 14.3. The Labute approximate surface area is 171 Å². The number of aliphatic hydroxyl groups excluding tert-OH is 1. The number of hydrogen-bond donors (Lipinski definition) is 1. The fourth-order valence-electron chi connectivity index (χ4n) is 4.80. The fourth-order valence-corrected chi connectivity index (χ4v) is 4.80. The molecule has 2 aromatic carbocycles. The van der Waals surface area contributed by atoms with Crippen LogP contribution < -0.4 is 0 Å². The molecule has 5 nitrogen and oxygen atoms in total. The summed E-state index contributed by atoms with van der Waals surface area (Å²) in [6.07, 6.45) is 5.97. The zero-order valence-corrected chi connectivity index (χ0v) is 16.5. The molecule has 2 fully saturated rings. The third kappa shape index (κ3) is 3.62. The van der Waals surface area contributed by atoms with Gasteiger partial charge in [0.15, 0.2) is 0 Å². The van der Waals surface area contributed by atoms with Crippen LogP contribution in [0.5, 0.6) is 0 Å². The lowest BCUT2D eigenvalue weighted by molar-refractivity contribution is -0.0567. The number of fused-ring (bicyclic) bond motifs is 1. The molecular formula is C24H27N3O2. The lowest BCUT2D eigenvalue weighted by atomic mass is 9.99. The van der Waals surface area contributed by atoms with E-state index in [1.165, 1.54) is 16.7 Å². The molecule has 2 saturated heterocycles. The zero-order valence-electron chi connectivity index (χ0n) is 16.5. The molecule has 0 amide bonds. The van der Waals surface area contributed by atoms with Gasteiger partial charge in [0.05, 0.1) is 12.7 Å². The van der Waals surface area contributed by atoms with E-state index in [1.54, 1.807) is 0 Å². The predicted molar refractivity (Wildman–Crippen MR) is 114 cm³/mol. The van der Waals surface area contributed by atoms with Gasteiger partial charge >= 0.3 is 0 Å². The molecular weight excluding hydrogens is 362 g/mol. The van der Waals surface area contributed by atoms with E-state index in [2.05, 4.69) is 64.2 Å². The van der Waals surface area contributed by atoms with E-state index in [4.69, 9.17) is 9.72 Å². The summed E-state index contributed by atoms with van der Waals surface area (Å²) in [7, 11) is 0. The molecule has 3 aromatic rings. The van der Waals surface area contributed by atoms with Crippen molar-refractivity contribution in [1.29, 1.82) is 0 Å². The fraction of sp³-hybridized carbons (Fsp3) is 0.375. The Kier molecular flexibility index (Phi) is 5.19. The van der Waals surface area contributed by atoms with Crippen molar-refractivity contribution in [2.24, 2.45) is 0 Å². The molecule has 0 saturated carbocycles. The maximum atomic E-state index is 9.23. The maximum Gasteiger partial charge on any atom is 0.140 e. The van der Waals surface area contributed by atoms with E-state index in [1.807, 2.05) is 12.3 Å². The van der Waals surface area contributed by atoms with Crippen LogP contribution in [0.3, 0.4) is 0 Å². The minimum absolute atomic E-state index is 0.149. The topological polar surface area (TPSA) is 50.5 Å². The summed E-state index contributed by atoms with van der Waals surface area (Å²) < 4.78 is 8.31. The first kappa shape index (κ1) is 18.6. The van der Waals surface area contributed by atoms with E-state index in [0.29, 0.717) is 18.5 Å². The second-order valence-electron chi connectivity index (χ2n) is 8.03. The molecule has 3 atom stereocenters. The molecule has 0 unspecified atom stereocenters. The largest absolute Gasteiger partial charge is 0.396 e. The van der Waals surface area contributed by atoms with Crippen molar-refractivity contribution in [2.75, 3.05) is 26.3 Å². The second-order valence-corrected chi connectivity index (χ2v) is 8.03. The smallest absolute Gasteiger partial charge is 0.140 e. The van der Waals surface area contributed by atoms with Crippen molar-refractivity contribution in [3.63, 3.8) is 0 Å². The van der Waals surface area contributed by atoms with Crippen molar-refractivity contribution < 1.29 is 9.84 Å². The van der Waals surface area contributed by atoms with Crippen LogP contribution in [0.15, 0.2) is 67.0 Å². The highest BCUT2D eigenvalue weighted by Gasteiger charge is 2.38. The molecule has 2 aliphatic rings. The van der Waals surface area contributed by atoms with E-state index >= 15 is 0 Å². The number of morpholine rings is 1. The third-order valence-corrected chi connectivity index (χ3v) is 6.23. The van der Waals surface area contributed by atoms with Gasteiger partial charge in [-0.3, -0.25) is 4.90 Å². The Morgan fingerprint density at radius 1 is 0.966 bits per heavy atom. The molecule has 3 heterocycles. The SMILES string of the molecule is OCC[C@H]1CN2C[C@@H](n3ccnc3-c3ccccc3-c3ccccc3)C[C@H]2CO1. The van der Waals surface area contributed by atoms with Crippen molar-refractivity contribution in [2.45, 2.75) is 31.0 Å². The number of imidazole rings is 1. The van der Waals surface area contributed by atoms with Crippen molar-refractivity contribution >= 4 is 0 Å². The second kappa shape index (κ2) is 8.11. The Bertz CT molecular complexity index is 956. The predicted octanol–water partition coefficient (Wildman–Crippen LogP) is 3.61. The van der Waals surface area contributed by atoms with Gasteiger partial charge < -0.3 is 14.4 Å². The number of rotatable bonds is 5. The normalized spacial score (nSPS) is 24.5. The van der Waals surface area contributed by atoms with Crippen molar-refractivity contribution in [1.82, 2.24) is 14.5 Å². The van der Waals surface area contributed by atoms with Crippen LogP contribution in [0.1, 0.15) is 18.9 Å². The Morgan fingerprint density at radius 2 is 1.76 bits per heavy atom. The molecule has 2 aliphatic heterocycles. The molecule has 0 spiro atoms. The highest BCUT2D eigenvalue weighted by atomic mass is 16.5. The Morgan fingerprint density at radius 3 is 2.59 bits per heavy atom. The van der Waals surface area contributed by atoms with Gasteiger partial charge in [0.25, 0.3) is 0 Å². The van der Waals surface area contributed by atoms with Gasteiger partial charge in [0.1, 0.15) is 5.82 Å². The summed E-state index contributed by atoms with van der Waals surface area (Å²) in [4.78, 5) is 7.29. The lowest BCUT2D eigenvalue weighted by Gasteiger charge is -2.34. The standard InChI is InChI=1S/C24H27N3O2/c28-13-10-21-16-26-15-19(14-20(26)17-29-21)27-12-11-25-24(27)23-9-5-4-8-22(23)18-6-2-1-3-7-18/h1-9,11-12,19-21,28H,10,13-17H2/t19-,20-,21-/m0/s1. The van der Waals surface area contributed by atoms with Crippen LogP contribution in [-0.2, 0) is 4.74 Å². The molecule has 0 aliphatic carbocycles. The number of hydrogen-bond acceptors (Lipinski definition) is 4. The molecule has 1 N–H and O–H groups in total. The number of nitrogens with zero attached hydrogens (tertiary/aromatic N) is 3. The highest BCUT2D eigenvalue weighted by Crippen LogP contribution is 2.36. The van der Waals surface area contributed by atoms with Gasteiger partial charge in [0.2, 0.25) is 0 Å². The molecule has 1 aromatic heterocycles. The first-order valence-corrected chi connectivity index (χ1v) is 10.5. The van der Waals surface area contributed by atoms with Gasteiger partial charge in [-0.25, -0.2) is 4.98 Å². The first-order valence-electron chi connectivity index (χ1n) is 10.5. The van der Waals surface area contributed by atoms with E-state index in [-0.39, 0.29) is 12.7 Å². The van der Waals surface area contributed by atoms with Crippen LogP contribution >= 0.6 is 0 Å². The lowest BCUT2D eigenvalue weighted by Crippen LogP contribution is -2.46. The molecule has 29 heavy (non-hydrogen) atoms. The van der Waals surface area contributed by atoms with Gasteiger partial charge in [-0.15, -0.1) is 0 Å². The minimum Gasteiger partial charge on any atom is -0.396 e. The maximum absolute atomic E-state index is 9.23. The summed E-state index contributed by atoms with van der Waals surface area (Å²) in [5.41, 5.74) is 3.59. The molecule has 0 bridgehead atoms. The van der Waals surface area contributed by atoms with Crippen molar-refractivity contribution in [3.05, 3.63) is 67.0 Å². The summed E-state index contributed by atoms with van der Waals surface area (Å²) in [6.45, 7) is 2.86. The molecule has 0 radical (unpaired) electrons. The van der Waals surface area contributed by atoms with Crippen LogP contribution in [0, 0.1) is 0 Å². The van der Waals surface area contributed by atoms with Gasteiger partial charge in [0, 0.05) is 49.7 Å². The van der Waals surface area contributed by atoms with Gasteiger partial charge in [-0.1, -0.05) is 54.6 Å². The summed E-state index contributed by atoms with van der Waals surface area (Å²) in [5.74, 6) is 1.03. The highest BCUT2D eigenvalue weighted by molar-refractivity contribution is 5.80. The van der Waals surface area contributed by atoms with Crippen LogP contribution in [-0.4, -0.2) is 58.0 Å².